The SMILES string of the molecule is CC(C)(CCO)SC[C@H]([NH3+])C(=O)NCC(=O)[O-]. The Labute approximate surface area is 105 Å². The molecule has 0 rings (SSSR count). The number of aliphatic hydroxyl groups is 1. The first-order valence-electron chi connectivity index (χ1n) is 5.34. The van der Waals surface area contributed by atoms with E-state index < -0.39 is 24.5 Å². The summed E-state index contributed by atoms with van der Waals surface area (Å²) in [5.41, 5.74) is 3.67. The van der Waals surface area contributed by atoms with Gasteiger partial charge in [0.1, 0.15) is 0 Å². The van der Waals surface area contributed by atoms with Crippen LogP contribution in [0.4, 0.5) is 0 Å². The number of carboxylic acid groups (broad SMARTS) is 1. The lowest BCUT2D eigenvalue weighted by molar-refractivity contribution is -0.396. The van der Waals surface area contributed by atoms with E-state index in [0.717, 1.165) is 0 Å². The molecule has 0 heterocycles. The van der Waals surface area contributed by atoms with Crippen LogP contribution in [0.2, 0.25) is 0 Å². The number of carbonyl (C=O) groups is 2. The van der Waals surface area contributed by atoms with Gasteiger partial charge in [0.25, 0.3) is 5.91 Å². The summed E-state index contributed by atoms with van der Waals surface area (Å²) in [6, 6.07) is -0.516. The van der Waals surface area contributed by atoms with Crippen LogP contribution < -0.4 is 16.2 Å². The van der Waals surface area contributed by atoms with Gasteiger partial charge in [-0.2, -0.15) is 0 Å². The fourth-order valence-corrected chi connectivity index (χ4v) is 2.09. The third-order valence-corrected chi connectivity index (χ3v) is 3.72. The van der Waals surface area contributed by atoms with Crippen LogP contribution in [-0.4, -0.2) is 46.7 Å². The van der Waals surface area contributed by atoms with Crippen molar-refractivity contribution in [2.45, 2.75) is 31.1 Å². The van der Waals surface area contributed by atoms with Crippen molar-refractivity contribution < 1.29 is 25.5 Å². The molecular weight excluding hydrogens is 244 g/mol. The highest BCUT2D eigenvalue weighted by molar-refractivity contribution is 8.00. The zero-order chi connectivity index (χ0) is 13.5. The molecule has 6 nitrogen and oxygen atoms in total. The monoisotopic (exact) mass is 264 g/mol. The second-order valence-corrected chi connectivity index (χ2v) is 6.06. The van der Waals surface area contributed by atoms with Gasteiger partial charge in [-0.15, -0.1) is 11.8 Å². The molecule has 0 saturated carbocycles. The van der Waals surface area contributed by atoms with Crippen LogP contribution in [0.3, 0.4) is 0 Å². The van der Waals surface area contributed by atoms with E-state index in [-0.39, 0.29) is 11.4 Å². The summed E-state index contributed by atoms with van der Waals surface area (Å²) in [5, 5.41) is 21.2. The van der Waals surface area contributed by atoms with E-state index in [9.17, 15) is 14.7 Å². The summed E-state index contributed by atoms with van der Waals surface area (Å²) in [6.45, 7) is 3.55. The molecule has 0 radical (unpaired) electrons. The molecule has 0 aliphatic heterocycles. The number of aliphatic carboxylic acids is 1. The number of aliphatic hydroxyl groups excluding tert-OH is 1. The third kappa shape index (κ3) is 8.00. The Balaban J connectivity index is 3.96. The lowest BCUT2D eigenvalue weighted by Crippen LogP contribution is -2.69. The van der Waals surface area contributed by atoms with Gasteiger partial charge < -0.3 is 26.1 Å². The highest BCUT2D eigenvalue weighted by Crippen LogP contribution is 2.27. The van der Waals surface area contributed by atoms with Crippen molar-refractivity contribution in [3.05, 3.63) is 0 Å². The highest BCUT2D eigenvalue weighted by Gasteiger charge is 2.23. The molecule has 17 heavy (non-hydrogen) atoms. The molecule has 0 aromatic carbocycles. The van der Waals surface area contributed by atoms with Crippen LogP contribution >= 0.6 is 11.8 Å². The minimum atomic E-state index is -1.32. The normalized spacial score (nSPS) is 13.2. The number of carbonyl (C=O) groups excluding carboxylic acids is 2. The number of amides is 1. The lowest BCUT2D eigenvalue weighted by Gasteiger charge is -2.23. The maximum Gasteiger partial charge on any atom is 0.279 e. The molecule has 5 N–H and O–H groups in total. The fraction of sp³-hybridized carbons (Fsp3) is 0.800. The molecule has 0 fully saturated rings. The average Bonchev–Trinajstić information content (AvgIpc) is 2.22. The van der Waals surface area contributed by atoms with Crippen molar-refractivity contribution in [3.8, 4) is 0 Å². The predicted octanol–water partition coefficient (Wildman–Crippen LogP) is -2.64. The molecule has 1 atom stereocenters. The van der Waals surface area contributed by atoms with Crippen molar-refractivity contribution in [2.75, 3.05) is 18.9 Å². The van der Waals surface area contributed by atoms with Gasteiger partial charge in [-0.05, 0) is 6.42 Å². The number of nitrogens with one attached hydrogen (secondary N) is 1. The second-order valence-electron chi connectivity index (χ2n) is 4.33. The molecule has 100 valence electrons. The number of quaternary nitrogens is 1. The van der Waals surface area contributed by atoms with E-state index in [1.807, 2.05) is 13.8 Å². The molecule has 0 saturated heterocycles. The van der Waals surface area contributed by atoms with E-state index in [4.69, 9.17) is 5.11 Å². The molecule has 0 bridgehead atoms. The van der Waals surface area contributed by atoms with Gasteiger partial charge >= 0.3 is 0 Å². The summed E-state index contributed by atoms with van der Waals surface area (Å²) < 4.78 is -0.126. The van der Waals surface area contributed by atoms with Gasteiger partial charge in [-0.3, -0.25) is 4.79 Å². The largest absolute Gasteiger partial charge is 0.548 e. The molecule has 0 aromatic heterocycles. The summed E-state index contributed by atoms with van der Waals surface area (Å²) in [6.07, 6.45) is 0.630. The first kappa shape index (κ1) is 16.2. The van der Waals surface area contributed by atoms with Gasteiger partial charge in [0, 0.05) is 11.4 Å². The number of carboxylic acids is 1. The first-order chi connectivity index (χ1) is 7.78. The minimum Gasteiger partial charge on any atom is -0.548 e. The smallest absolute Gasteiger partial charge is 0.279 e. The van der Waals surface area contributed by atoms with Gasteiger partial charge in [-0.25, -0.2) is 0 Å². The second kappa shape index (κ2) is 7.52. The van der Waals surface area contributed by atoms with E-state index in [2.05, 4.69) is 11.1 Å². The van der Waals surface area contributed by atoms with E-state index in [1.165, 1.54) is 11.8 Å². The van der Waals surface area contributed by atoms with Gasteiger partial charge in [-0.1, -0.05) is 13.8 Å². The van der Waals surface area contributed by atoms with Crippen molar-refractivity contribution in [3.63, 3.8) is 0 Å². The molecular formula is C10H20N2O4S. The van der Waals surface area contributed by atoms with Crippen LogP contribution in [-0.2, 0) is 9.59 Å². The topological polar surface area (TPSA) is 117 Å². The third-order valence-electron chi connectivity index (χ3n) is 2.17. The van der Waals surface area contributed by atoms with Crippen molar-refractivity contribution in [2.24, 2.45) is 0 Å². The Hall–Kier alpha value is -0.790. The zero-order valence-electron chi connectivity index (χ0n) is 10.2. The average molecular weight is 264 g/mol. The Kier molecular flexibility index (Phi) is 7.17. The number of rotatable bonds is 8. The highest BCUT2D eigenvalue weighted by atomic mass is 32.2. The summed E-state index contributed by atoms with van der Waals surface area (Å²) in [5.74, 6) is -1.24. The maximum atomic E-state index is 11.4. The van der Waals surface area contributed by atoms with Crippen molar-refractivity contribution >= 4 is 23.6 Å². The molecule has 0 unspecified atom stereocenters. The molecule has 0 spiro atoms. The summed E-state index contributed by atoms with van der Waals surface area (Å²) in [4.78, 5) is 21.5. The van der Waals surface area contributed by atoms with Crippen molar-refractivity contribution in [1.29, 1.82) is 0 Å². The number of hydrogen-bond acceptors (Lipinski definition) is 5. The van der Waals surface area contributed by atoms with Gasteiger partial charge in [0.05, 0.1) is 18.3 Å². The van der Waals surface area contributed by atoms with E-state index >= 15 is 0 Å². The van der Waals surface area contributed by atoms with Crippen LogP contribution in [0.1, 0.15) is 20.3 Å². The zero-order valence-corrected chi connectivity index (χ0v) is 11.0. The maximum absolute atomic E-state index is 11.4. The Morgan fingerprint density at radius 3 is 2.59 bits per heavy atom. The summed E-state index contributed by atoms with van der Waals surface area (Å²) in [7, 11) is 0. The van der Waals surface area contributed by atoms with Crippen LogP contribution in [0, 0.1) is 0 Å². The molecule has 0 aliphatic rings. The summed E-state index contributed by atoms with van der Waals surface area (Å²) >= 11 is 1.53. The molecule has 1 amide bonds. The van der Waals surface area contributed by atoms with E-state index in [0.29, 0.717) is 12.2 Å². The number of thioether (sulfide) groups is 1. The van der Waals surface area contributed by atoms with Gasteiger partial charge in [0.2, 0.25) is 0 Å². The van der Waals surface area contributed by atoms with Crippen LogP contribution in [0.15, 0.2) is 0 Å². The molecule has 0 aliphatic carbocycles. The predicted molar refractivity (Wildman–Crippen MR) is 62.9 cm³/mol. The Morgan fingerprint density at radius 1 is 1.53 bits per heavy atom. The minimum absolute atomic E-state index is 0.0959. The standard InChI is InChI=1S/C10H20N2O4S/c1-10(2,3-4-13)17-6-7(11)9(16)12-5-8(14)15/h7,13H,3-6,11H2,1-2H3,(H,12,16)(H,14,15)/t7-/m0/s1. The molecule has 0 aromatic rings. The van der Waals surface area contributed by atoms with Crippen LogP contribution in [0.5, 0.6) is 0 Å². The van der Waals surface area contributed by atoms with E-state index in [1.54, 1.807) is 0 Å². The van der Waals surface area contributed by atoms with Crippen LogP contribution in [0.25, 0.3) is 0 Å². The first-order valence-corrected chi connectivity index (χ1v) is 6.32. The quantitative estimate of drug-likeness (QED) is 0.443. The van der Waals surface area contributed by atoms with Crippen molar-refractivity contribution in [1.82, 2.24) is 5.32 Å². The lowest BCUT2D eigenvalue weighted by atomic mass is 10.1. The number of hydrogen-bond donors (Lipinski definition) is 3. The Bertz CT molecular complexity index is 271. The van der Waals surface area contributed by atoms with Gasteiger partial charge in [0.15, 0.2) is 6.04 Å². The fourth-order valence-electron chi connectivity index (χ4n) is 1.05. The Morgan fingerprint density at radius 2 is 2.12 bits per heavy atom. The molecule has 7 heteroatoms.